The van der Waals surface area contributed by atoms with E-state index in [2.05, 4.69) is 153 Å². The van der Waals surface area contributed by atoms with Crippen molar-refractivity contribution in [1.29, 1.82) is 0 Å². The molecule has 3 N–H and O–H groups in total. The average Bonchev–Trinajstić information content (AvgIpc) is 3.51. The van der Waals surface area contributed by atoms with Crippen LogP contribution in [0, 0.1) is 0 Å². The number of nitrogens with one attached hydrogen (secondary N) is 1. The van der Waals surface area contributed by atoms with E-state index in [4.69, 9.17) is 0 Å². The molecule has 0 aliphatic heterocycles. The van der Waals surface area contributed by atoms with Crippen molar-refractivity contribution < 1.29 is 15.0 Å². The van der Waals surface area contributed by atoms with Gasteiger partial charge in [-0.1, -0.05) is 372 Å². The molecule has 0 saturated carbocycles. The Balaban J connectivity index is 3.56. The number of unbranched alkanes of at least 4 members (excludes halogenated alkanes) is 36. The van der Waals surface area contributed by atoms with E-state index in [9.17, 15) is 15.0 Å². The lowest BCUT2D eigenvalue weighted by Gasteiger charge is -2.22. The van der Waals surface area contributed by atoms with Crippen molar-refractivity contribution in [3.63, 3.8) is 0 Å². The zero-order valence-corrected chi connectivity index (χ0v) is 54.9. The number of amides is 1. The molecule has 4 nitrogen and oxygen atoms in total. The lowest BCUT2D eigenvalue weighted by Crippen LogP contribution is -2.45. The van der Waals surface area contributed by atoms with Gasteiger partial charge in [0.05, 0.1) is 18.8 Å². The minimum Gasteiger partial charge on any atom is -0.394 e. The summed E-state index contributed by atoms with van der Waals surface area (Å²) >= 11 is 0. The predicted molar refractivity (Wildman–Crippen MR) is 372 cm³/mol. The van der Waals surface area contributed by atoms with Crippen molar-refractivity contribution in [2.24, 2.45) is 0 Å². The largest absolute Gasteiger partial charge is 0.394 e. The first-order valence-corrected chi connectivity index (χ1v) is 35.9. The maximum absolute atomic E-state index is 12.6. The van der Waals surface area contributed by atoms with Gasteiger partial charge in [0.25, 0.3) is 0 Å². The third-order valence-electron chi connectivity index (χ3n) is 15.9. The average molecular weight is 1150 g/mol. The van der Waals surface area contributed by atoms with Crippen LogP contribution in [0.25, 0.3) is 0 Å². The van der Waals surface area contributed by atoms with Crippen molar-refractivity contribution in [3.05, 3.63) is 134 Å². The fraction of sp³-hybridized carbons (Fsp3) is 0.709. The third kappa shape index (κ3) is 69.2. The Bertz CT molecular complexity index is 1640. The molecule has 0 aliphatic carbocycles. The lowest BCUT2D eigenvalue weighted by molar-refractivity contribution is -0.123. The van der Waals surface area contributed by atoms with Crippen molar-refractivity contribution >= 4 is 5.91 Å². The van der Waals surface area contributed by atoms with E-state index in [1.165, 1.54) is 205 Å². The van der Waals surface area contributed by atoms with E-state index in [1.807, 2.05) is 0 Å². The molecule has 0 spiro atoms. The highest BCUT2D eigenvalue weighted by molar-refractivity contribution is 5.76. The SMILES string of the molecule is CC/C=C\C/C=C\C/C=C\C/C=C\C/C=C\C/C=C\C/C=C\C/C=C\C/C=C\C/C=C\C/C=C\CCCCCCCC(=O)NC(CO)C(O)CCCCCCCCCCCCCCCCCCCCCCCCCCCCCCCCCC. The first kappa shape index (κ1) is 79.5. The third-order valence-corrected chi connectivity index (χ3v) is 15.9. The molecule has 0 aromatic carbocycles. The highest BCUT2D eigenvalue weighted by Gasteiger charge is 2.20. The number of hydrogen-bond acceptors (Lipinski definition) is 3. The Morgan fingerprint density at radius 2 is 0.530 bits per heavy atom. The van der Waals surface area contributed by atoms with Gasteiger partial charge in [0, 0.05) is 6.42 Å². The number of carbonyl (C=O) groups excluding carboxylic acids is 1. The van der Waals surface area contributed by atoms with E-state index in [-0.39, 0.29) is 12.5 Å². The standard InChI is InChI=1S/C79H137NO3/c1-3-5-7-9-11-13-15-17-19-21-23-25-27-29-31-33-35-37-38-39-40-41-42-43-45-47-49-51-53-55-57-59-61-63-65-67-69-71-73-75-79(83)80-77(76-81)78(82)74-72-70-68-66-64-62-60-58-56-54-52-50-48-46-44-36-34-32-30-28-26-24-22-20-18-16-14-12-10-8-6-4-2/h5,7,11,13,17,19,23,25,29,31,35,37,39-40,42-43,47,49,53,55,59,61,77-78,81-82H,3-4,6,8-10,12,14-16,18,20-22,24,26-28,30,32-34,36,38,41,44-46,48,50-52,54,56-58,60,62-76H2,1-2H3,(H,80,83)/b7-5-,13-11-,19-17-,25-23-,31-29-,37-35-,40-39-,43-42-,49-47-,55-53-,61-59-. The summed E-state index contributed by atoms with van der Waals surface area (Å²) < 4.78 is 0. The smallest absolute Gasteiger partial charge is 0.220 e. The van der Waals surface area contributed by atoms with E-state index in [1.54, 1.807) is 0 Å². The molecule has 0 aromatic heterocycles. The maximum atomic E-state index is 12.6. The number of aliphatic hydroxyl groups is 2. The normalized spacial score (nSPS) is 13.5. The second-order valence-corrected chi connectivity index (χ2v) is 23.9. The molecule has 4 heteroatoms. The first-order valence-electron chi connectivity index (χ1n) is 35.9. The monoisotopic (exact) mass is 1150 g/mol. The van der Waals surface area contributed by atoms with Gasteiger partial charge >= 0.3 is 0 Å². The van der Waals surface area contributed by atoms with Gasteiger partial charge in [-0.3, -0.25) is 4.79 Å². The highest BCUT2D eigenvalue weighted by Crippen LogP contribution is 2.18. The number of carbonyl (C=O) groups is 1. The topological polar surface area (TPSA) is 69.6 Å². The quantitative estimate of drug-likeness (QED) is 0.0420. The molecular formula is C79H137NO3. The molecule has 0 heterocycles. The molecule has 476 valence electrons. The highest BCUT2D eigenvalue weighted by atomic mass is 16.3. The number of rotatable bonds is 65. The number of allylic oxidation sites excluding steroid dienone is 22. The summed E-state index contributed by atoms with van der Waals surface area (Å²) in [7, 11) is 0. The Kier molecular flexibility index (Phi) is 69.7. The van der Waals surface area contributed by atoms with Crippen LogP contribution >= 0.6 is 0 Å². The van der Waals surface area contributed by atoms with Gasteiger partial charge in [-0.25, -0.2) is 0 Å². The summed E-state index contributed by atoms with van der Waals surface area (Å²) in [6, 6.07) is -0.559. The molecule has 0 fully saturated rings. The van der Waals surface area contributed by atoms with Gasteiger partial charge in [-0.05, 0) is 96.3 Å². The summed E-state index contributed by atoms with van der Waals surface area (Å²) in [5.74, 6) is -0.0511. The summed E-state index contributed by atoms with van der Waals surface area (Å²) in [5, 5.41) is 23.5. The summed E-state index contributed by atoms with van der Waals surface area (Å²) in [5.41, 5.74) is 0. The van der Waals surface area contributed by atoms with Crippen molar-refractivity contribution in [2.75, 3.05) is 6.61 Å². The molecule has 1 amide bonds. The molecular weight excluding hydrogens is 1010 g/mol. The van der Waals surface area contributed by atoms with Crippen molar-refractivity contribution in [1.82, 2.24) is 5.32 Å². The van der Waals surface area contributed by atoms with Gasteiger partial charge in [-0.15, -0.1) is 0 Å². The Labute approximate surface area is 517 Å². The van der Waals surface area contributed by atoms with Crippen molar-refractivity contribution in [2.45, 2.75) is 353 Å². The second-order valence-electron chi connectivity index (χ2n) is 23.9. The second kappa shape index (κ2) is 72.8. The summed E-state index contributed by atoms with van der Waals surface area (Å²) in [4.78, 5) is 12.6. The van der Waals surface area contributed by atoms with Crippen LogP contribution in [0.5, 0.6) is 0 Å². The molecule has 0 bridgehead atoms. The fourth-order valence-corrected chi connectivity index (χ4v) is 10.5. The zero-order chi connectivity index (χ0) is 59.8. The number of hydrogen-bond donors (Lipinski definition) is 3. The minimum absolute atomic E-state index is 0.0511. The van der Waals surface area contributed by atoms with E-state index in [0.29, 0.717) is 12.8 Å². The Morgan fingerprint density at radius 1 is 0.301 bits per heavy atom. The summed E-state index contributed by atoms with van der Waals surface area (Å²) in [6.45, 7) is 4.26. The molecule has 2 unspecified atom stereocenters. The van der Waals surface area contributed by atoms with E-state index in [0.717, 1.165) is 109 Å². The van der Waals surface area contributed by atoms with Gasteiger partial charge in [-0.2, -0.15) is 0 Å². The van der Waals surface area contributed by atoms with Crippen LogP contribution in [-0.4, -0.2) is 34.9 Å². The van der Waals surface area contributed by atoms with Gasteiger partial charge in [0.2, 0.25) is 5.91 Å². The molecule has 2 atom stereocenters. The van der Waals surface area contributed by atoms with Crippen LogP contribution in [0.4, 0.5) is 0 Å². The molecule has 0 rings (SSSR count). The minimum atomic E-state index is -0.680. The van der Waals surface area contributed by atoms with Crippen molar-refractivity contribution in [3.8, 4) is 0 Å². The van der Waals surface area contributed by atoms with Crippen LogP contribution in [0.15, 0.2) is 134 Å². The van der Waals surface area contributed by atoms with E-state index >= 15 is 0 Å². The molecule has 0 aromatic rings. The lowest BCUT2D eigenvalue weighted by atomic mass is 10.0. The molecule has 0 radical (unpaired) electrons. The molecule has 0 saturated heterocycles. The number of aliphatic hydroxyl groups excluding tert-OH is 2. The zero-order valence-electron chi connectivity index (χ0n) is 54.9. The van der Waals surface area contributed by atoms with Gasteiger partial charge < -0.3 is 15.5 Å². The van der Waals surface area contributed by atoms with E-state index < -0.39 is 12.1 Å². The molecule has 83 heavy (non-hydrogen) atoms. The van der Waals surface area contributed by atoms with Gasteiger partial charge in [0.15, 0.2) is 0 Å². The van der Waals surface area contributed by atoms with Gasteiger partial charge in [0.1, 0.15) is 0 Å². The van der Waals surface area contributed by atoms with Crippen LogP contribution in [-0.2, 0) is 4.79 Å². The Hall–Kier alpha value is -3.47. The van der Waals surface area contributed by atoms with Crippen LogP contribution in [0.2, 0.25) is 0 Å². The van der Waals surface area contributed by atoms with Crippen LogP contribution < -0.4 is 5.32 Å². The molecule has 0 aliphatic rings. The summed E-state index contributed by atoms with van der Waals surface area (Å²) in [6.07, 6.45) is 112. The van der Waals surface area contributed by atoms with Crippen LogP contribution in [0.1, 0.15) is 341 Å². The predicted octanol–water partition coefficient (Wildman–Crippen LogP) is 24.9. The maximum Gasteiger partial charge on any atom is 0.220 e. The fourth-order valence-electron chi connectivity index (χ4n) is 10.5. The van der Waals surface area contributed by atoms with Crippen LogP contribution in [0.3, 0.4) is 0 Å². The first-order chi connectivity index (χ1) is 41.2. The Morgan fingerprint density at radius 3 is 0.795 bits per heavy atom.